The van der Waals surface area contributed by atoms with Gasteiger partial charge in [-0.2, -0.15) is 0 Å². The van der Waals surface area contributed by atoms with Crippen LogP contribution in [-0.4, -0.2) is 22.4 Å². The molecule has 1 saturated carbocycles. The summed E-state index contributed by atoms with van der Waals surface area (Å²) in [5.74, 6) is -0.419. The number of aromatic amines is 2. The Morgan fingerprint density at radius 3 is 2.46 bits per heavy atom. The number of H-pyrrole nitrogens is 2. The molecular weight excluding hydrogens is 337 g/mol. The van der Waals surface area contributed by atoms with Crippen LogP contribution in [0.3, 0.4) is 0 Å². The molecule has 138 valence electrons. The van der Waals surface area contributed by atoms with Gasteiger partial charge in [0, 0.05) is 29.6 Å². The molecule has 2 aromatic rings. The van der Waals surface area contributed by atoms with Gasteiger partial charge >= 0.3 is 5.69 Å². The number of aromatic nitrogens is 2. The lowest BCUT2D eigenvalue weighted by Gasteiger charge is -2.42. The van der Waals surface area contributed by atoms with Gasteiger partial charge in [0.1, 0.15) is 5.82 Å². The molecule has 0 unspecified atom stereocenters. The Labute approximate surface area is 149 Å². The van der Waals surface area contributed by atoms with E-state index in [9.17, 15) is 18.8 Å². The van der Waals surface area contributed by atoms with Crippen molar-refractivity contribution in [2.24, 2.45) is 0 Å². The maximum atomic E-state index is 13.1. The second kappa shape index (κ2) is 7.27. The minimum atomic E-state index is -0.549. The summed E-state index contributed by atoms with van der Waals surface area (Å²) in [5.41, 5.74) is 0.797. The monoisotopic (exact) mass is 359 g/mol. The summed E-state index contributed by atoms with van der Waals surface area (Å²) in [6.07, 6.45) is 3.41. The Morgan fingerprint density at radius 2 is 1.88 bits per heavy atom. The molecule has 0 spiro atoms. The van der Waals surface area contributed by atoms with E-state index in [2.05, 4.69) is 15.3 Å². The van der Waals surface area contributed by atoms with Gasteiger partial charge in [-0.1, -0.05) is 18.6 Å². The van der Waals surface area contributed by atoms with Crippen molar-refractivity contribution in [1.82, 2.24) is 15.3 Å². The van der Waals surface area contributed by atoms with E-state index in [1.165, 1.54) is 12.1 Å². The lowest BCUT2D eigenvalue weighted by molar-refractivity contribution is -0.121. The zero-order chi connectivity index (χ0) is 18.7. The Kier molecular flexibility index (Phi) is 5.06. The number of nitrogens with one attached hydrogen (secondary N) is 3. The van der Waals surface area contributed by atoms with Crippen molar-refractivity contribution >= 4 is 5.91 Å². The highest BCUT2D eigenvalue weighted by Gasteiger charge is 2.38. The zero-order valence-corrected chi connectivity index (χ0v) is 14.7. The zero-order valence-electron chi connectivity index (χ0n) is 14.7. The first-order chi connectivity index (χ1) is 12.4. The highest BCUT2D eigenvalue weighted by atomic mass is 19.1. The number of amides is 1. The van der Waals surface area contributed by atoms with Crippen LogP contribution in [0.1, 0.15) is 42.5 Å². The minimum absolute atomic E-state index is 0.130. The van der Waals surface area contributed by atoms with E-state index < -0.39 is 11.2 Å². The van der Waals surface area contributed by atoms with E-state index in [1.807, 2.05) is 0 Å². The van der Waals surface area contributed by atoms with E-state index in [1.54, 1.807) is 19.1 Å². The Hall–Kier alpha value is -2.70. The third-order valence-corrected chi connectivity index (χ3v) is 5.25. The number of carbonyl (C=O) groups is 1. The summed E-state index contributed by atoms with van der Waals surface area (Å²) in [6.45, 7) is 2.14. The predicted octanol–water partition coefficient (Wildman–Crippen LogP) is 1.68. The number of carbonyl (C=O) groups excluding carboxylic acids is 1. The molecule has 1 heterocycles. The Morgan fingerprint density at radius 1 is 1.19 bits per heavy atom. The molecule has 1 aliphatic carbocycles. The fraction of sp³-hybridized carbons (Fsp3) is 0.421. The molecule has 6 nitrogen and oxygen atoms in total. The molecule has 26 heavy (non-hydrogen) atoms. The predicted molar refractivity (Wildman–Crippen MR) is 95.7 cm³/mol. The van der Waals surface area contributed by atoms with Gasteiger partial charge < -0.3 is 10.3 Å². The third-order valence-electron chi connectivity index (χ3n) is 5.25. The van der Waals surface area contributed by atoms with Gasteiger partial charge in [-0.25, -0.2) is 9.18 Å². The molecule has 0 bridgehead atoms. The minimum Gasteiger partial charge on any atom is -0.355 e. The fourth-order valence-corrected chi connectivity index (χ4v) is 3.50. The molecule has 0 radical (unpaired) electrons. The lowest BCUT2D eigenvalue weighted by Crippen LogP contribution is -2.45. The number of hydrogen-bond donors (Lipinski definition) is 3. The Balaban J connectivity index is 1.59. The SMILES string of the molecule is Cc1[nH]c(=O)[nH]c(=O)c1CCC(=O)NCC1(c2ccc(F)cc2)CCC1. The van der Waals surface area contributed by atoms with E-state index in [4.69, 9.17) is 0 Å². The Bertz CT molecular complexity index is 911. The highest BCUT2D eigenvalue weighted by Crippen LogP contribution is 2.43. The molecule has 3 N–H and O–H groups in total. The van der Waals surface area contributed by atoms with Crippen molar-refractivity contribution in [1.29, 1.82) is 0 Å². The molecule has 1 aromatic heterocycles. The van der Waals surface area contributed by atoms with Crippen molar-refractivity contribution < 1.29 is 9.18 Å². The van der Waals surface area contributed by atoms with Crippen LogP contribution in [0.4, 0.5) is 4.39 Å². The van der Waals surface area contributed by atoms with Gasteiger partial charge in [0.2, 0.25) is 5.91 Å². The largest absolute Gasteiger partial charge is 0.355 e. The van der Waals surface area contributed by atoms with Crippen molar-refractivity contribution in [2.45, 2.75) is 44.4 Å². The number of hydrogen-bond acceptors (Lipinski definition) is 3. The van der Waals surface area contributed by atoms with Gasteiger partial charge in [-0.3, -0.25) is 14.6 Å². The normalized spacial score (nSPS) is 15.3. The third kappa shape index (κ3) is 3.76. The molecule has 7 heteroatoms. The van der Waals surface area contributed by atoms with Gasteiger partial charge in [0.25, 0.3) is 5.56 Å². The van der Waals surface area contributed by atoms with E-state index in [-0.39, 0.29) is 30.0 Å². The summed E-state index contributed by atoms with van der Waals surface area (Å²) in [7, 11) is 0. The van der Waals surface area contributed by atoms with Crippen LogP contribution in [0, 0.1) is 12.7 Å². The molecule has 3 rings (SSSR count). The van der Waals surface area contributed by atoms with Crippen molar-refractivity contribution in [3.05, 3.63) is 67.7 Å². The van der Waals surface area contributed by atoms with Crippen LogP contribution in [0.15, 0.2) is 33.9 Å². The second-order valence-corrected chi connectivity index (χ2v) is 6.93. The molecular formula is C19H22FN3O3. The first kappa shape index (κ1) is 18.1. The maximum absolute atomic E-state index is 13.1. The summed E-state index contributed by atoms with van der Waals surface area (Å²) < 4.78 is 13.1. The van der Waals surface area contributed by atoms with Crippen LogP contribution >= 0.6 is 0 Å². The van der Waals surface area contributed by atoms with E-state index in [0.29, 0.717) is 17.8 Å². The average molecular weight is 359 g/mol. The van der Waals surface area contributed by atoms with Crippen LogP contribution in [-0.2, 0) is 16.6 Å². The van der Waals surface area contributed by atoms with Crippen molar-refractivity contribution in [3.8, 4) is 0 Å². The molecule has 0 saturated heterocycles. The molecule has 1 aliphatic rings. The van der Waals surface area contributed by atoms with Gasteiger partial charge in [0.15, 0.2) is 0 Å². The molecule has 1 amide bonds. The summed E-state index contributed by atoms with van der Waals surface area (Å²) >= 11 is 0. The number of rotatable bonds is 6. The maximum Gasteiger partial charge on any atom is 0.325 e. The lowest BCUT2D eigenvalue weighted by atomic mass is 9.64. The summed E-state index contributed by atoms with van der Waals surface area (Å²) in [6, 6.07) is 6.46. The smallest absolute Gasteiger partial charge is 0.325 e. The van der Waals surface area contributed by atoms with Crippen LogP contribution in [0.2, 0.25) is 0 Å². The topological polar surface area (TPSA) is 94.8 Å². The fourth-order valence-electron chi connectivity index (χ4n) is 3.50. The highest BCUT2D eigenvalue weighted by molar-refractivity contribution is 5.76. The quantitative estimate of drug-likeness (QED) is 0.732. The van der Waals surface area contributed by atoms with E-state index >= 15 is 0 Å². The molecule has 1 fully saturated rings. The average Bonchev–Trinajstić information content (AvgIpc) is 2.54. The molecule has 1 aromatic carbocycles. The van der Waals surface area contributed by atoms with Crippen LogP contribution < -0.4 is 16.6 Å². The number of benzene rings is 1. The van der Waals surface area contributed by atoms with Crippen molar-refractivity contribution in [3.63, 3.8) is 0 Å². The molecule has 0 aliphatic heterocycles. The van der Waals surface area contributed by atoms with Gasteiger partial charge in [-0.05, 0) is 43.9 Å². The summed E-state index contributed by atoms with van der Waals surface area (Å²) in [4.78, 5) is 39.9. The molecule has 0 atom stereocenters. The first-order valence-electron chi connectivity index (χ1n) is 8.74. The summed E-state index contributed by atoms with van der Waals surface area (Å²) in [5, 5.41) is 2.94. The number of aryl methyl sites for hydroxylation is 1. The second-order valence-electron chi connectivity index (χ2n) is 6.93. The van der Waals surface area contributed by atoms with Crippen molar-refractivity contribution in [2.75, 3.05) is 6.54 Å². The standard InChI is InChI=1S/C19H22FN3O3/c1-12-15(17(25)23-18(26)22-12)7-8-16(24)21-11-19(9-2-10-19)13-3-5-14(20)6-4-13/h3-6H,2,7-11H2,1H3,(H,21,24)(H2,22,23,25,26). The van der Waals surface area contributed by atoms with Crippen LogP contribution in [0.25, 0.3) is 0 Å². The van der Waals surface area contributed by atoms with Crippen LogP contribution in [0.5, 0.6) is 0 Å². The first-order valence-corrected chi connectivity index (χ1v) is 8.74. The van der Waals surface area contributed by atoms with Gasteiger partial charge in [0.05, 0.1) is 0 Å². The van der Waals surface area contributed by atoms with E-state index in [0.717, 1.165) is 24.8 Å². The number of halogens is 1. The van der Waals surface area contributed by atoms with Gasteiger partial charge in [-0.15, -0.1) is 0 Å².